The minimum atomic E-state index is -0.00669. The maximum absolute atomic E-state index is 12.3. The Morgan fingerprint density at radius 1 is 1.08 bits per heavy atom. The second-order valence-corrected chi connectivity index (χ2v) is 7.34. The van der Waals surface area contributed by atoms with Crippen LogP contribution in [-0.4, -0.2) is 52.8 Å². The van der Waals surface area contributed by atoms with Gasteiger partial charge >= 0.3 is 0 Å². The van der Waals surface area contributed by atoms with E-state index >= 15 is 0 Å². The molecule has 1 saturated heterocycles. The molecule has 1 aliphatic heterocycles. The van der Waals surface area contributed by atoms with Gasteiger partial charge in [0.05, 0.1) is 10.2 Å². The number of para-hydroxylation sites is 1. The maximum Gasteiger partial charge on any atom is 0.246 e. The van der Waals surface area contributed by atoms with Crippen LogP contribution in [0.5, 0.6) is 0 Å². The summed E-state index contributed by atoms with van der Waals surface area (Å²) in [6.07, 6.45) is 5.44. The van der Waals surface area contributed by atoms with Crippen molar-refractivity contribution in [3.05, 3.63) is 35.3 Å². The third-order valence-corrected chi connectivity index (χ3v) is 5.51. The van der Waals surface area contributed by atoms with Gasteiger partial charge in [0.25, 0.3) is 0 Å². The average molecular weight is 341 g/mol. The quantitative estimate of drug-likeness (QED) is 0.806. The summed E-state index contributed by atoms with van der Waals surface area (Å²) in [5.74, 6) is 0.520. The van der Waals surface area contributed by atoms with Gasteiger partial charge in [-0.25, -0.2) is 4.98 Å². The largest absolute Gasteiger partial charge is 0.339 e. The highest BCUT2D eigenvalue weighted by atomic mass is 32.1. The zero-order chi connectivity index (χ0) is 16.5. The Labute approximate surface area is 144 Å². The number of fused-ring (bicyclic) bond motifs is 1. The number of hydrogen-bond acceptors (Lipinski definition) is 4. The van der Waals surface area contributed by atoms with E-state index in [0.717, 1.165) is 28.1 Å². The van der Waals surface area contributed by atoms with Gasteiger partial charge in [-0.3, -0.25) is 9.59 Å². The molecule has 6 heteroatoms. The first-order chi connectivity index (χ1) is 11.7. The van der Waals surface area contributed by atoms with Crippen molar-refractivity contribution in [1.82, 2.24) is 14.8 Å². The summed E-state index contributed by atoms with van der Waals surface area (Å²) in [7, 11) is 0. The van der Waals surface area contributed by atoms with E-state index in [-0.39, 0.29) is 17.7 Å². The lowest BCUT2D eigenvalue weighted by molar-refractivity contribution is -0.138. The molecule has 124 valence electrons. The summed E-state index contributed by atoms with van der Waals surface area (Å²) < 4.78 is 1.12. The molecule has 2 fully saturated rings. The Morgan fingerprint density at radius 3 is 2.50 bits per heavy atom. The Bertz CT molecular complexity index is 768. The Morgan fingerprint density at radius 2 is 1.79 bits per heavy atom. The molecule has 1 aliphatic carbocycles. The van der Waals surface area contributed by atoms with E-state index in [9.17, 15) is 9.59 Å². The summed E-state index contributed by atoms with van der Waals surface area (Å²) >= 11 is 1.58. The second-order valence-electron chi connectivity index (χ2n) is 6.28. The van der Waals surface area contributed by atoms with Gasteiger partial charge in [-0.1, -0.05) is 12.1 Å². The van der Waals surface area contributed by atoms with Crippen LogP contribution in [0.3, 0.4) is 0 Å². The van der Waals surface area contributed by atoms with Crippen LogP contribution < -0.4 is 0 Å². The minimum absolute atomic E-state index is 0.00669. The lowest BCUT2D eigenvalue weighted by atomic mass is 10.2. The number of aromatic nitrogens is 1. The van der Waals surface area contributed by atoms with Crippen LogP contribution >= 0.6 is 11.3 Å². The van der Waals surface area contributed by atoms with Gasteiger partial charge in [0, 0.05) is 38.2 Å². The number of amides is 2. The topological polar surface area (TPSA) is 53.5 Å². The number of piperazine rings is 1. The zero-order valence-corrected chi connectivity index (χ0v) is 14.2. The van der Waals surface area contributed by atoms with E-state index in [1.165, 1.54) is 0 Å². The highest BCUT2D eigenvalue weighted by Crippen LogP contribution is 2.31. The molecule has 0 bridgehead atoms. The molecule has 2 aliphatic rings. The standard InChI is InChI=1S/C18H19N3O2S/c22-17(8-7-16-19-14-3-1-2-4-15(14)24-16)20-9-11-21(12-10-20)18(23)13-5-6-13/h1-4,7-8,13H,5-6,9-12H2/b8-7+. The molecule has 0 radical (unpaired) electrons. The predicted octanol–water partition coefficient (Wildman–Crippen LogP) is 2.39. The normalized spacial score (nSPS) is 18.5. The Kier molecular flexibility index (Phi) is 4.06. The van der Waals surface area contributed by atoms with Gasteiger partial charge in [-0.05, 0) is 31.1 Å². The molecule has 5 nitrogen and oxygen atoms in total. The smallest absolute Gasteiger partial charge is 0.246 e. The second kappa shape index (κ2) is 6.36. The van der Waals surface area contributed by atoms with Crippen molar-refractivity contribution < 1.29 is 9.59 Å². The van der Waals surface area contributed by atoms with Crippen molar-refractivity contribution in [1.29, 1.82) is 0 Å². The first kappa shape index (κ1) is 15.3. The molecule has 0 atom stereocenters. The van der Waals surface area contributed by atoms with Crippen LogP contribution in [0.2, 0.25) is 0 Å². The lowest BCUT2D eigenvalue weighted by Crippen LogP contribution is -2.50. The van der Waals surface area contributed by atoms with Crippen LogP contribution in [0, 0.1) is 5.92 Å². The SMILES string of the molecule is O=C(/C=C/c1nc2ccccc2s1)N1CCN(C(=O)C2CC2)CC1. The van der Waals surface area contributed by atoms with Gasteiger partial charge in [0.2, 0.25) is 11.8 Å². The summed E-state index contributed by atoms with van der Waals surface area (Å²) in [5, 5.41) is 0.840. The van der Waals surface area contributed by atoms with Gasteiger partial charge in [0.1, 0.15) is 5.01 Å². The highest BCUT2D eigenvalue weighted by molar-refractivity contribution is 7.19. The molecule has 1 aromatic heterocycles. The number of thiazole rings is 1. The number of carbonyl (C=O) groups excluding carboxylic acids is 2. The lowest BCUT2D eigenvalue weighted by Gasteiger charge is -2.34. The van der Waals surface area contributed by atoms with E-state index in [4.69, 9.17) is 0 Å². The maximum atomic E-state index is 12.3. The van der Waals surface area contributed by atoms with Gasteiger partial charge in [-0.15, -0.1) is 11.3 Å². The fourth-order valence-electron chi connectivity index (χ4n) is 2.95. The van der Waals surface area contributed by atoms with Gasteiger partial charge in [-0.2, -0.15) is 0 Å². The van der Waals surface area contributed by atoms with Crippen molar-refractivity contribution in [2.24, 2.45) is 5.92 Å². The Balaban J connectivity index is 1.35. The predicted molar refractivity (Wildman–Crippen MR) is 94.5 cm³/mol. The molecule has 24 heavy (non-hydrogen) atoms. The number of nitrogens with zero attached hydrogens (tertiary/aromatic N) is 3. The molecule has 2 amide bonds. The number of carbonyl (C=O) groups is 2. The summed E-state index contributed by atoms with van der Waals surface area (Å²) in [6, 6.07) is 7.95. The highest BCUT2D eigenvalue weighted by Gasteiger charge is 2.34. The van der Waals surface area contributed by atoms with E-state index < -0.39 is 0 Å². The first-order valence-corrected chi connectivity index (χ1v) is 9.14. The molecule has 0 unspecified atom stereocenters. The monoisotopic (exact) mass is 341 g/mol. The number of rotatable bonds is 3. The van der Waals surface area contributed by atoms with Crippen molar-refractivity contribution in [2.45, 2.75) is 12.8 Å². The Hall–Kier alpha value is -2.21. The van der Waals surface area contributed by atoms with E-state index in [1.807, 2.05) is 29.2 Å². The average Bonchev–Trinajstić information content (AvgIpc) is 3.38. The van der Waals surface area contributed by atoms with E-state index in [2.05, 4.69) is 4.98 Å². The van der Waals surface area contributed by atoms with Crippen molar-refractivity contribution in [3.8, 4) is 0 Å². The fourth-order valence-corrected chi connectivity index (χ4v) is 3.82. The number of benzene rings is 1. The molecule has 0 spiro atoms. The summed E-state index contributed by atoms with van der Waals surface area (Å²) in [5.41, 5.74) is 0.960. The van der Waals surface area contributed by atoms with Crippen LogP contribution in [0.4, 0.5) is 0 Å². The molecule has 2 heterocycles. The van der Waals surface area contributed by atoms with Crippen LogP contribution in [0.15, 0.2) is 30.3 Å². The third-order valence-electron chi connectivity index (χ3n) is 4.51. The van der Waals surface area contributed by atoms with Gasteiger partial charge in [0.15, 0.2) is 0 Å². The molecule has 1 aromatic carbocycles. The first-order valence-electron chi connectivity index (χ1n) is 8.32. The van der Waals surface area contributed by atoms with Crippen molar-refractivity contribution >= 4 is 39.4 Å². The minimum Gasteiger partial charge on any atom is -0.339 e. The molecule has 4 rings (SSSR count). The summed E-state index contributed by atoms with van der Waals surface area (Å²) in [6.45, 7) is 2.52. The van der Waals surface area contributed by atoms with Crippen LogP contribution in [0.25, 0.3) is 16.3 Å². The van der Waals surface area contributed by atoms with Gasteiger partial charge < -0.3 is 9.80 Å². The molecule has 0 N–H and O–H groups in total. The van der Waals surface area contributed by atoms with E-state index in [1.54, 1.807) is 28.4 Å². The van der Waals surface area contributed by atoms with Crippen LogP contribution in [-0.2, 0) is 9.59 Å². The van der Waals surface area contributed by atoms with Crippen molar-refractivity contribution in [2.75, 3.05) is 26.2 Å². The third kappa shape index (κ3) is 3.19. The molecule has 2 aromatic rings. The molecular formula is C18H19N3O2S. The number of hydrogen-bond donors (Lipinski definition) is 0. The van der Waals surface area contributed by atoms with Crippen molar-refractivity contribution in [3.63, 3.8) is 0 Å². The zero-order valence-electron chi connectivity index (χ0n) is 13.4. The van der Waals surface area contributed by atoms with Crippen LogP contribution in [0.1, 0.15) is 17.8 Å². The summed E-state index contributed by atoms with van der Waals surface area (Å²) in [4.78, 5) is 32.6. The molecular weight excluding hydrogens is 322 g/mol. The van der Waals surface area contributed by atoms with E-state index in [0.29, 0.717) is 26.2 Å². The fraction of sp³-hybridized carbons (Fsp3) is 0.389. The molecule has 1 saturated carbocycles.